The fourth-order valence-electron chi connectivity index (χ4n) is 5.17. The third-order valence-corrected chi connectivity index (χ3v) is 6.68. The Morgan fingerprint density at radius 3 is 2.59 bits per heavy atom. The van der Waals surface area contributed by atoms with E-state index in [1.54, 1.807) is 6.08 Å². The van der Waals surface area contributed by atoms with Crippen LogP contribution in [0.25, 0.3) is 23.1 Å². The zero-order valence-electron chi connectivity index (χ0n) is 17.8. The van der Waals surface area contributed by atoms with Crippen molar-refractivity contribution in [2.24, 2.45) is 0 Å². The molecule has 0 saturated carbocycles. The van der Waals surface area contributed by atoms with Gasteiger partial charge in [0.05, 0.1) is 6.04 Å². The number of fused-ring (bicyclic) bond motifs is 4. The van der Waals surface area contributed by atoms with E-state index in [0.29, 0.717) is 6.54 Å². The summed E-state index contributed by atoms with van der Waals surface area (Å²) >= 11 is 0. The van der Waals surface area contributed by atoms with Gasteiger partial charge in [0, 0.05) is 29.2 Å². The molecule has 2 heterocycles. The molecule has 0 radical (unpaired) electrons. The average molecular weight is 417 g/mol. The number of nitrogens with zero attached hydrogens (tertiary/aromatic N) is 1. The molecular formula is C29H24N2O. The molecule has 0 spiro atoms. The first-order valence-electron chi connectivity index (χ1n) is 11.2. The minimum Gasteiger partial charge on any atom is -0.356 e. The highest BCUT2D eigenvalue weighted by atomic mass is 16.2. The lowest BCUT2D eigenvalue weighted by molar-refractivity contribution is -0.128. The van der Waals surface area contributed by atoms with Crippen LogP contribution in [0.5, 0.6) is 0 Å². The number of H-pyrrole nitrogens is 1. The van der Waals surface area contributed by atoms with E-state index in [0.717, 1.165) is 29.6 Å². The summed E-state index contributed by atoms with van der Waals surface area (Å²) in [5, 5.41) is 1.27. The first kappa shape index (κ1) is 18.9. The molecule has 3 aromatic carbocycles. The predicted octanol–water partition coefficient (Wildman–Crippen LogP) is 5.95. The number of nitrogens with one attached hydrogen (secondary N) is 1. The maximum atomic E-state index is 13.4. The quantitative estimate of drug-likeness (QED) is 0.412. The van der Waals surface area contributed by atoms with E-state index in [1.165, 1.54) is 27.6 Å². The minimum absolute atomic E-state index is 0.0556. The Labute approximate surface area is 187 Å². The van der Waals surface area contributed by atoms with Crippen molar-refractivity contribution in [2.75, 3.05) is 6.54 Å². The lowest BCUT2D eigenvalue weighted by atomic mass is 9.91. The topological polar surface area (TPSA) is 36.1 Å². The standard InChI is InChI=1S/C29H24N2O/c32-27(15-14-20-8-2-1-3-9-20)31-17-16-25-24-12-6-7-13-26(24)30-28(25)29(31)23-18-21-10-4-5-11-22(21)19-23/h1-15,18,29-30H,16-17,19H2/b15-14+. The average Bonchev–Trinajstić information content (AvgIpc) is 3.44. The molecule has 0 fully saturated rings. The number of carbonyl (C=O) groups is 1. The fourth-order valence-corrected chi connectivity index (χ4v) is 5.17. The van der Waals surface area contributed by atoms with Crippen molar-refractivity contribution in [2.45, 2.75) is 18.9 Å². The molecule has 1 aliphatic heterocycles. The van der Waals surface area contributed by atoms with Gasteiger partial charge in [0.2, 0.25) is 5.91 Å². The summed E-state index contributed by atoms with van der Waals surface area (Å²) in [6.45, 7) is 0.713. The van der Waals surface area contributed by atoms with Crippen molar-refractivity contribution in [3.8, 4) is 0 Å². The molecule has 1 N–H and O–H groups in total. The van der Waals surface area contributed by atoms with Crippen LogP contribution in [0.4, 0.5) is 0 Å². The van der Waals surface area contributed by atoms with Crippen molar-refractivity contribution in [1.29, 1.82) is 0 Å². The van der Waals surface area contributed by atoms with Crippen LogP contribution in [0.2, 0.25) is 0 Å². The van der Waals surface area contributed by atoms with Crippen molar-refractivity contribution >= 4 is 29.0 Å². The van der Waals surface area contributed by atoms with E-state index in [-0.39, 0.29) is 11.9 Å². The summed E-state index contributed by atoms with van der Waals surface area (Å²) < 4.78 is 0. The molecule has 1 aromatic heterocycles. The van der Waals surface area contributed by atoms with Gasteiger partial charge in [-0.3, -0.25) is 4.79 Å². The number of rotatable bonds is 3. The Kier molecular flexibility index (Phi) is 4.53. The molecule has 156 valence electrons. The smallest absolute Gasteiger partial charge is 0.247 e. The molecule has 3 nitrogen and oxygen atoms in total. The number of benzene rings is 3. The van der Waals surface area contributed by atoms with Crippen molar-refractivity contribution in [3.05, 3.63) is 118 Å². The van der Waals surface area contributed by atoms with Gasteiger partial charge in [-0.2, -0.15) is 0 Å². The van der Waals surface area contributed by atoms with Gasteiger partial charge in [0.15, 0.2) is 0 Å². The van der Waals surface area contributed by atoms with E-state index >= 15 is 0 Å². The van der Waals surface area contributed by atoms with Gasteiger partial charge in [0.1, 0.15) is 0 Å². The van der Waals surface area contributed by atoms with Crippen LogP contribution in [-0.2, 0) is 17.6 Å². The summed E-state index contributed by atoms with van der Waals surface area (Å²) in [7, 11) is 0. The number of aromatic nitrogens is 1. The molecule has 0 bridgehead atoms. The lowest BCUT2D eigenvalue weighted by Crippen LogP contribution is -2.40. The van der Waals surface area contributed by atoms with Gasteiger partial charge in [-0.15, -0.1) is 0 Å². The van der Waals surface area contributed by atoms with Crippen LogP contribution < -0.4 is 0 Å². The highest BCUT2D eigenvalue weighted by Gasteiger charge is 2.36. The number of para-hydroxylation sites is 1. The van der Waals surface area contributed by atoms with Crippen LogP contribution in [-0.4, -0.2) is 22.3 Å². The van der Waals surface area contributed by atoms with Crippen LogP contribution >= 0.6 is 0 Å². The SMILES string of the molecule is O=C(/C=C/c1ccccc1)N1CCc2c([nH]c3ccccc23)C1C1=Cc2ccccc2C1. The van der Waals surface area contributed by atoms with Crippen molar-refractivity contribution in [3.63, 3.8) is 0 Å². The maximum absolute atomic E-state index is 13.4. The monoisotopic (exact) mass is 416 g/mol. The zero-order valence-corrected chi connectivity index (χ0v) is 17.8. The number of amides is 1. The third kappa shape index (κ3) is 3.18. The molecule has 2 aliphatic rings. The Balaban J connectivity index is 1.42. The Morgan fingerprint density at radius 2 is 1.72 bits per heavy atom. The lowest BCUT2D eigenvalue weighted by Gasteiger charge is -2.36. The van der Waals surface area contributed by atoms with E-state index in [4.69, 9.17) is 0 Å². The van der Waals surface area contributed by atoms with Gasteiger partial charge in [0.25, 0.3) is 0 Å². The molecule has 1 unspecified atom stereocenters. The molecule has 32 heavy (non-hydrogen) atoms. The largest absolute Gasteiger partial charge is 0.356 e. The molecule has 1 atom stereocenters. The second-order valence-corrected chi connectivity index (χ2v) is 8.59. The van der Waals surface area contributed by atoms with E-state index in [1.807, 2.05) is 41.3 Å². The number of aromatic amines is 1. The highest BCUT2D eigenvalue weighted by molar-refractivity contribution is 5.94. The summed E-state index contributed by atoms with van der Waals surface area (Å²) in [6, 6.07) is 26.9. The third-order valence-electron chi connectivity index (χ3n) is 6.68. The fraction of sp³-hybridized carbons (Fsp3) is 0.138. The second kappa shape index (κ2) is 7.69. The predicted molar refractivity (Wildman–Crippen MR) is 130 cm³/mol. The van der Waals surface area contributed by atoms with Gasteiger partial charge in [-0.05, 0) is 52.8 Å². The molecule has 1 aliphatic carbocycles. The van der Waals surface area contributed by atoms with Crippen LogP contribution in [0.1, 0.15) is 34.0 Å². The number of hydrogen-bond acceptors (Lipinski definition) is 1. The second-order valence-electron chi connectivity index (χ2n) is 8.59. The molecule has 1 amide bonds. The Bertz CT molecular complexity index is 1380. The van der Waals surface area contributed by atoms with E-state index in [2.05, 4.69) is 59.6 Å². The molecule has 6 rings (SSSR count). The van der Waals surface area contributed by atoms with Gasteiger partial charge < -0.3 is 9.88 Å². The zero-order chi connectivity index (χ0) is 21.5. The van der Waals surface area contributed by atoms with Gasteiger partial charge in [-0.25, -0.2) is 0 Å². The first-order chi connectivity index (χ1) is 15.8. The van der Waals surface area contributed by atoms with Crippen LogP contribution in [0.3, 0.4) is 0 Å². The molecule has 0 saturated heterocycles. The van der Waals surface area contributed by atoms with Crippen molar-refractivity contribution in [1.82, 2.24) is 9.88 Å². The number of carbonyl (C=O) groups excluding carboxylic acids is 1. The highest BCUT2D eigenvalue weighted by Crippen LogP contribution is 2.42. The summed E-state index contributed by atoms with van der Waals surface area (Å²) in [5.41, 5.74) is 8.56. The van der Waals surface area contributed by atoms with Gasteiger partial charge in [-0.1, -0.05) is 78.9 Å². The summed E-state index contributed by atoms with van der Waals surface area (Å²) in [4.78, 5) is 19.1. The van der Waals surface area contributed by atoms with Gasteiger partial charge >= 0.3 is 0 Å². The Hall–Kier alpha value is -3.85. The van der Waals surface area contributed by atoms with Crippen LogP contribution in [0, 0.1) is 0 Å². The molecule has 4 aromatic rings. The van der Waals surface area contributed by atoms with E-state index in [9.17, 15) is 4.79 Å². The first-order valence-corrected chi connectivity index (χ1v) is 11.2. The maximum Gasteiger partial charge on any atom is 0.247 e. The minimum atomic E-state index is -0.0773. The molecule has 3 heteroatoms. The normalized spacial score (nSPS) is 17.4. The molecular weight excluding hydrogens is 392 g/mol. The van der Waals surface area contributed by atoms with E-state index < -0.39 is 0 Å². The number of hydrogen-bond donors (Lipinski definition) is 1. The summed E-state index contributed by atoms with van der Waals surface area (Å²) in [6.07, 6.45) is 7.65. The summed E-state index contributed by atoms with van der Waals surface area (Å²) in [5.74, 6) is 0.0556. The van der Waals surface area contributed by atoms with Crippen molar-refractivity contribution < 1.29 is 4.79 Å². The Morgan fingerprint density at radius 1 is 0.938 bits per heavy atom. The van der Waals surface area contributed by atoms with Crippen LogP contribution in [0.15, 0.2) is 90.5 Å².